The number of halogens is 2. The smallest absolute Gasteiger partial charge is 0.188 e. The number of nitrogens with zero attached hydrogens (tertiary/aromatic N) is 3. The third-order valence-electron chi connectivity index (χ3n) is 7.59. The quantitative estimate of drug-likeness (QED) is 0.234. The van der Waals surface area contributed by atoms with Crippen LogP contribution in [0.5, 0.6) is 5.75 Å². The number of aromatic nitrogens is 3. The van der Waals surface area contributed by atoms with E-state index in [0.717, 1.165) is 41.1 Å². The second kappa shape index (κ2) is 8.35. The number of aryl methyl sites for hydroxylation is 1. The van der Waals surface area contributed by atoms with Gasteiger partial charge >= 0.3 is 0 Å². The van der Waals surface area contributed by atoms with E-state index in [9.17, 15) is 5.11 Å². The number of hydrogen-bond acceptors (Lipinski definition) is 5. The molecule has 2 fully saturated rings. The maximum Gasteiger partial charge on any atom is 0.188 e. The summed E-state index contributed by atoms with van der Waals surface area (Å²) in [4.78, 5) is 14.3. The number of rotatable bonds is 3. The number of phenols is 1. The topological polar surface area (TPSA) is 58.9 Å². The van der Waals surface area contributed by atoms with Crippen LogP contribution in [0.2, 0.25) is 5.02 Å². The molecule has 2 atom stereocenters. The van der Waals surface area contributed by atoms with Gasteiger partial charge in [0.2, 0.25) is 0 Å². The SMILES string of the molecule is CSc1nc(C2CC3CCC(C3)C2)c2c(C)nc(-c3cc(O)cc4cccc(Cl)c34)c(F)c2n1. The van der Waals surface area contributed by atoms with Gasteiger partial charge in [-0.1, -0.05) is 48.3 Å². The molecule has 34 heavy (non-hydrogen) atoms. The third kappa shape index (κ3) is 3.54. The van der Waals surface area contributed by atoms with E-state index in [-0.39, 0.29) is 11.4 Å². The Morgan fingerprint density at radius 2 is 1.79 bits per heavy atom. The lowest BCUT2D eigenvalue weighted by Gasteiger charge is -2.28. The van der Waals surface area contributed by atoms with Crippen molar-refractivity contribution in [1.82, 2.24) is 15.0 Å². The Balaban J connectivity index is 1.62. The number of benzene rings is 2. The van der Waals surface area contributed by atoms with E-state index in [1.807, 2.05) is 25.3 Å². The van der Waals surface area contributed by atoms with E-state index in [0.29, 0.717) is 38.3 Å². The van der Waals surface area contributed by atoms with Crippen molar-refractivity contribution in [3.05, 3.63) is 52.6 Å². The minimum Gasteiger partial charge on any atom is -0.508 e. The van der Waals surface area contributed by atoms with Crippen molar-refractivity contribution in [2.45, 2.75) is 50.1 Å². The van der Waals surface area contributed by atoms with Gasteiger partial charge in [-0.2, -0.15) is 0 Å². The first-order chi connectivity index (χ1) is 16.4. The zero-order valence-corrected chi connectivity index (χ0v) is 20.7. The molecule has 0 amide bonds. The van der Waals surface area contributed by atoms with Crippen molar-refractivity contribution in [3.63, 3.8) is 0 Å². The molecule has 0 spiro atoms. The highest BCUT2D eigenvalue weighted by atomic mass is 35.5. The first-order valence-electron chi connectivity index (χ1n) is 11.8. The van der Waals surface area contributed by atoms with Gasteiger partial charge in [0.1, 0.15) is 17.0 Å². The maximum atomic E-state index is 16.3. The molecule has 2 aromatic carbocycles. The fourth-order valence-corrected chi connectivity index (χ4v) is 6.86. The molecule has 4 nitrogen and oxygen atoms in total. The fourth-order valence-electron chi connectivity index (χ4n) is 6.21. The molecule has 174 valence electrons. The Hall–Kier alpha value is -2.44. The van der Waals surface area contributed by atoms with Crippen LogP contribution in [-0.2, 0) is 0 Å². The lowest BCUT2D eigenvalue weighted by molar-refractivity contribution is 0.316. The summed E-state index contributed by atoms with van der Waals surface area (Å²) in [6.45, 7) is 1.90. The van der Waals surface area contributed by atoms with Gasteiger partial charge in [-0.15, -0.1) is 0 Å². The van der Waals surface area contributed by atoms with E-state index in [1.165, 1.54) is 37.1 Å². The molecule has 2 aromatic heterocycles. The highest BCUT2D eigenvalue weighted by molar-refractivity contribution is 7.98. The maximum absolute atomic E-state index is 16.3. The van der Waals surface area contributed by atoms with Crippen LogP contribution in [-0.4, -0.2) is 26.3 Å². The van der Waals surface area contributed by atoms with Crippen molar-refractivity contribution >= 4 is 45.0 Å². The molecular formula is C27H25ClFN3OS. The number of hydrogen-bond donors (Lipinski definition) is 1. The molecular weight excluding hydrogens is 469 g/mol. The van der Waals surface area contributed by atoms with Crippen molar-refractivity contribution < 1.29 is 9.50 Å². The van der Waals surface area contributed by atoms with Crippen LogP contribution >= 0.6 is 23.4 Å². The van der Waals surface area contributed by atoms with E-state index in [4.69, 9.17) is 21.6 Å². The molecule has 0 aliphatic heterocycles. The first kappa shape index (κ1) is 22.1. The Bertz CT molecular complexity index is 1450. The fraction of sp³-hybridized carbons (Fsp3) is 0.370. The van der Waals surface area contributed by atoms with Crippen LogP contribution in [0.1, 0.15) is 49.4 Å². The molecule has 2 heterocycles. The molecule has 2 bridgehead atoms. The van der Waals surface area contributed by atoms with Crippen LogP contribution in [0.25, 0.3) is 32.9 Å². The Morgan fingerprint density at radius 1 is 1.03 bits per heavy atom. The number of fused-ring (bicyclic) bond motifs is 4. The zero-order chi connectivity index (χ0) is 23.6. The van der Waals surface area contributed by atoms with Gasteiger partial charge in [-0.3, -0.25) is 0 Å². The van der Waals surface area contributed by atoms with Crippen molar-refractivity contribution in [3.8, 4) is 17.0 Å². The van der Waals surface area contributed by atoms with Gasteiger partial charge in [-0.25, -0.2) is 19.3 Å². The van der Waals surface area contributed by atoms with Gasteiger partial charge in [0.25, 0.3) is 0 Å². The first-order valence-corrected chi connectivity index (χ1v) is 13.4. The summed E-state index contributed by atoms with van der Waals surface area (Å²) in [5.41, 5.74) is 2.57. The standard InChI is InChI=1S/C27H25ClFN3OS/c1-13-21-24(17-9-14-6-7-15(8-14)10-17)31-27(34-2)32-26(21)23(29)25(30-13)19-12-18(33)11-16-4-3-5-20(28)22(16)19/h3-5,11-12,14-15,17,33H,6-10H2,1-2H3. The summed E-state index contributed by atoms with van der Waals surface area (Å²) in [7, 11) is 0. The Morgan fingerprint density at radius 3 is 2.53 bits per heavy atom. The van der Waals surface area contributed by atoms with E-state index in [1.54, 1.807) is 12.1 Å². The molecule has 0 saturated heterocycles. The predicted molar refractivity (Wildman–Crippen MR) is 136 cm³/mol. The molecule has 2 aliphatic carbocycles. The molecule has 1 N–H and O–H groups in total. The summed E-state index contributed by atoms with van der Waals surface area (Å²) >= 11 is 7.95. The highest BCUT2D eigenvalue weighted by Crippen LogP contribution is 2.49. The third-order valence-corrected chi connectivity index (χ3v) is 8.46. The van der Waals surface area contributed by atoms with E-state index in [2.05, 4.69) is 4.98 Å². The second-order valence-corrected chi connectivity index (χ2v) is 10.9. The van der Waals surface area contributed by atoms with Crippen LogP contribution in [0, 0.1) is 24.6 Å². The Labute approximate surface area is 207 Å². The van der Waals surface area contributed by atoms with Gasteiger partial charge in [0.05, 0.1) is 5.69 Å². The largest absolute Gasteiger partial charge is 0.508 e. The lowest BCUT2D eigenvalue weighted by atomic mass is 9.78. The summed E-state index contributed by atoms with van der Waals surface area (Å²) in [5, 5.41) is 13.6. The number of thioether (sulfide) groups is 1. The van der Waals surface area contributed by atoms with Crippen LogP contribution in [0.4, 0.5) is 4.39 Å². The molecule has 7 heteroatoms. The van der Waals surface area contributed by atoms with Crippen molar-refractivity contribution in [1.29, 1.82) is 0 Å². The number of phenolic OH excluding ortho intramolecular Hbond substituents is 1. The van der Waals surface area contributed by atoms with E-state index >= 15 is 4.39 Å². The summed E-state index contributed by atoms with van der Waals surface area (Å²) < 4.78 is 16.3. The van der Waals surface area contributed by atoms with E-state index < -0.39 is 5.82 Å². The summed E-state index contributed by atoms with van der Waals surface area (Å²) in [6.07, 6.45) is 8.03. The molecule has 2 saturated carbocycles. The lowest BCUT2D eigenvalue weighted by Crippen LogP contribution is -2.17. The normalized spacial score (nSPS) is 22.1. The van der Waals surface area contributed by atoms with Gasteiger partial charge in [-0.05, 0) is 67.9 Å². The van der Waals surface area contributed by atoms with Crippen LogP contribution < -0.4 is 0 Å². The van der Waals surface area contributed by atoms with Crippen molar-refractivity contribution in [2.75, 3.05) is 6.26 Å². The second-order valence-electron chi connectivity index (χ2n) is 9.72. The number of pyridine rings is 1. The summed E-state index contributed by atoms with van der Waals surface area (Å²) in [6, 6.07) is 8.58. The van der Waals surface area contributed by atoms with Crippen LogP contribution in [0.15, 0.2) is 35.5 Å². The molecule has 2 aliphatic rings. The average molecular weight is 494 g/mol. The monoisotopic (exact) mass is 493 g/mol. The predicted octanol–water partition coefficient (Wildman–Crippen LogP) is 7.67. The minimum atomic E-state index is -0.495. The van der Waals surface area contributed by atoms with Crippen molar-refractivity contribution in [2.24, 2.45) is 11.8 Å². The number of aromatic hydroxyl groups is 1. The molecule has 2 unspecified atom stereocenters. The molecule has 0 radical (unpaired) electrons. The Kier molecular flexibility index (Phi) is 5.41. The van der Waals surface area contributed by atoms with Gasteiger partial charge in [0, 0.05) is 33.0 Å². The summed E-state index contributed by atoms with van der Waals surface area (Å²) in [5.74, 6) is 1.33. The van der Waals surface area contributed by atoms with Crippen LogP contribution in [0.3, 0.4) is 0 Å². The zero-order valence-electron chi connectivity index (χ0n) is 19.1. The van der Waals surface area contributed by atoms with Gasteiger partial charge < -0.3 is 5.11 Å². The molecule has 4 aromatic rings. The minimum absolute atomic E-state index is 0.0366. The van der Waals surface area contributed by atoms with Gasteiger partial charge in [0.15, 0.2) is 11.0 Å². The average Bonchev–Trinajstić information content (AvgIpc) is 3.17. The molecule has 6 rings (SSSR count). The highest BCUT2D eigenvalue weighted by Gasteiger charge is 2.37.